The summed E-state index contributed by atoms with van der Waals surface area (Å²) in [5.74, 6) is 2.75. The molecule has 1 saturated carbocycles. The van der Waals surface area contributed by atoms with E-state index in [4.69, 9.17) is 6.42 Å². The van der Waals surface area contributed by atoms with Gasteiger partial charge in [-0.2, -0.15) is 0 Å². The van der Waals surface area contributed by atoms with Crippen LogP contribution in [-0.2, 0) is 4.79 Å². The van der Waals surface area contributed by atoms with Crippen LogP contribution in [0.3, 0.4) is 0 Å². The van der Waals surface area contributed by atoms with E-state index in [9.17, 15) is 4.79 Å². The van der Waals surface area contributed by atoms with Gasteiger partial charge in [0.05, 0.1) is 6.42 Å². The van der Waals surface area contributed by atoms with Gasteiger partial charge in [0.2, 0.25) is 0 Å². The highest BCUT2D eigenvalue weighted by Gasteiger charge is 2.41. The molecule has 0 amide bonds. The number of ketones is 1. The Kier molecular flexibility index (Phi) is 2.92. The van der Waals surface area contributed by atoms with E-state index < -0.39 is 0 Å². The molecule has 1 nitrogen and oxygen atoms in total. The third-order valence-corrected chi connectivity index (χ3v) is 2.89. The molecule has 0 saturated heterocycles. The summed E-state index contributed by atoms with van der Waals surface area (Å²) in [7, 11) is 0. The van der Waals surface area contributed by atoms with Crippen molar-refractivity contribution in [1.29, 1.82) is 0 Å². The molecule has 1 heteroatoms. The van der Waals surface area contributed by atoms with Crippen molar-refractivity contribution in [2.75, 3.05) is 0 Å². The Bertz CT molecular complexity index is 206. The van der Waals surface area contributed by atoms with Crippen molar-refractivity contribution >= 4 is 5.78 Å². The van der Waals surface area contributed by atoms with E-state index in [1.807, 2.05) is 0 Å². The zero-order valence-corrected chi connectivity index (χ0v) is 7.73. The first-order valence-electron chi connectivity index (χ1n) is 4.72. The van der Waals surface area contributed by atoms with Crippen molar-refractivity contribution in [2.45, 2.75) is 45.4 Å². The average molecular weight is 164 g/mol. The third-order valence-electron chi connectivity index (χ3n) is 2.89. The van der Waals surface area contributed by atoms with Gasteiger partial charge in [0.1, 0.15) is 0 Å². The van der Waals surface area contributed by atoms with Gasteiger partial charge in [0.15, 0.2) is 5.78 Å². The fourth-order valence-electron chi connectivity index (χ4n) is 2.03. The van der Waals surface area contributed by atoms with Crippen molar-refractivity contribution in [3.05, 3.63) is 0 Å². The van der Waals surface area contributed by atoms with Gasteiger partial charge in [0, 0.05) is 5.41 Å². The summed E-state index contributed by atoms with van der Waals surface area (Å²) in [5, 5.41) is 0. The Hall–Kier alpha value is -0.770. The fourth-order valence-corrected chi connectivity index (χ4v) is 2.03. The smallest absolute Gasteiger partial charge is 0.150 e. The largest absolute Gasteiger partial charge is 0.298 e. The van der Waals surface area contributed by atoms with Crippen LogP contribution in [0.5, 0.6) is 0 Å². The van der Waals surface area contributed by atoms with Gasteiger partial charge in [-0.25, -0.2) is 0 Å². The highest BCUT2D eigenvalue weighted by Crippen LogP contribution is 2.46. The molecule has 0 unspecified atom stereocenters. The second-order valence-electron chi connectivity index (χ2n) is 3.69. The van der Waals surface area contributed by atoms with Crippen molar-refractivity contribution in [2.24, 2.45) is 5.41 Å². The minimum atomic E-state index is 0.00111. The Labute approximate surface area is 74.5 Å². The highest BCUT2D eigenvalue weighted by atomic mass is 16.1. The van der Waals surface area contributed by atoms with Gasteiger partial charge in [-0.3, -0.25) is 4.79 Å². The SMILES string of the molecule is C#CCC(=O)C1(CCC)CCC1. The molecule has 1 aliphatic carbocycles. The molecule has 0 aromatic rings. The van der Waals surface area contributed by atoms with Gasteiger partial charge in [-0.15, -0.1) is 6.42 Å². The molecule has 12 heavy (non-hydrogen) atoms. The molecule has 0 radical (unpaired) electrons. The number of hydrogen-bond acceptors (Lipinski definition) is 1. The summed E-state index contributed by atoms with van der Waals surface area (Å²) in [5.41, 5.74) is 0.00111. The normalized spacial score (nSPS) is 19.3. The van der Waals surface area contributed by atoms with E-state index in [2.05, 4.69) is 12.8 Å². The topological polar surface area (TPSA) is 17.1 Å². The molecule has 1 rings (SSSR count). The molecular weight excluding hydrogens is 148 g/mol. The first-order valence-corrected chi connectivity index (χ1v) is 4.72. The molecule has 1 aliphatic rings. The molecular formula is C11H16O. The quantitative estimate of drug-likeness (QED) is 0.583. The van der Waals surface area contributed by atoms with Crippen molar-refractivity contribution in [3.8, 4) is 12.3 Å². The predicted molar refractivity (Wildman–Crippen MR) is 49.6 cm³/mol. The molecule has 0 N–H and O–H groups in total. The average Bonchev–Trinajstić information content (AvgIpc) is 1.97. The number of hydrogen-bond donors (Lipinski definition) is 0. The maximum atomic E-state index is 11.6. The lowest BCUT2D eigenvalue weighted by molar-refractivity contribution is -0.133. The number of carbonyl (C=O) groups excluding carboxylic acids is 1. The van der Waals surface area contributed by atoms with E-state index in [1.54, 1.807) is 0 Å². The lowest BCUT2D eigenvalue weighted by atomic mass is 9.63. The Balaban J connectivity index is 2.55. The maximum absolute atomic E-state index is 11.6. The number of Topliss-reactive ketones (excluding diaryl/α,β-unsaturated/α-hetero) is 1. The summed E-state index contributed by atoms with van der Waals surface area (Å²) in [6, 6.07) is 0. The van der Waals surface area contributed by atoms with Crippen LogP contribution in [-0.4, -0.2) is 5.78 Å². The zero-order chi connectivity index (χ0) is 9.03. The van der Waals surface area contributed by atoms with Crippen molar-refractivity contribution in [1.82, 2.24) is 0 Å². The molecule has 0 heterocycles. The van der Waals surface area contributed by atoms with E-state index in [0.717, 1.165) is 25.7 Å². The molecule has 0 aromatic heterocycles. The Morgan fingerprint density at radius 1 is 1.58 bits per heavy atom. The lowest BCUT2D eigenvalue weighted by Crippen LogP contribution is -2.37. The Morgan fingerprint density at radius 2 is 2.25 bits per heavy atom. The lowest BCUT2D eigenvalue weighted by Gasteiger charge is -2.40. The van der Waals surface area contributed by atoms with Crippen molar-refractivity contribution < 1.29 is 4.79 Å². The van der Waals surface area contributed by atoms with Crippen LogP contribution in [0.1, 0.15) is 45.4 Å². The van der Waals surface area contributed by atoms with Crippen LogP contribution in [0.25, 0.3) is 0 Å². The first-order chi connectivity index (χ1) is 5.75. The van der Waals surface area contributed by atoms with Crippen LogP contribution in [0.4, 0.5) is 0 Å². The number of rotatable bonds is 4. The zero-order valence-electron chi connectivity index (χ0n) is 7.73. The van der Waals surface area contributed by atoms with Gasteiger partial charge in [0.25, 0.3) is 0 Å². The van der Waals surface area contributed by atoms with Gasteiger partial charge in [-0.05, 0) is 19.3 Å². The number of terminal acetylenes is 1. The second kappa shape index (κ2) is 3.76. The summed E-state index contributed by atoms with van der Waals surface area (Å²) in [4.78, 5) is 11.6. The van der Waals surface area contributed by atoms with Crippen LogP contribution >= 0.6 is 0 Å². The first kappa shape index (κ1) is 9.32. The van der Waals surface area contributed by atoms with Gasteiger partial charge in [-0.1, -0.05) is 25.7 Å². The summed E-state index contributed by atoms with van der Waals surface area (Å²) < 4.78 is 0. The monoisotopic (exact) mass is 164 g/mol. The van der Waals surface area contributed by atoms with Crippen LogP contribution in [0, 0.1) is 17.8 Å². The highest BCUT2D eigenvalue weighted by molar-refractivity contribution is 5.87. The van der Waals surface area contributed by atoms with Crippen molar-refractivity contribution in [3.63, 3.8) is 0 Å². The van der Waals surface area contributed by atoms with E-state index in [1.165, 1.54) is 6.42 Å². The van der Waals surface area contributed by atoms with Crippen LogP contribution < -0.4 is 0 Å². The van der Waals surface area contributed by atoms with Crippen LogP contribution in [0.2, 0.25) is 0 Å². The molecule has 0 bridgehead atoms. The van der Waals surface area contributed by atoms with E-state index in [0.29, 0.717) is 12.2 Å². The molecule has 0 aromatic carbocycles. The molecule has 1 fully saturated rings. The molecule has 0 atom stereocenters. The summed E-state index contributed by atoms with van der Waals surface area (Å²) >= 11 is 0. The summed E-state index contributed by atoms with van der Waals surface area (Å²) in [6.07, 6.45) is 10.9. The number of carbonyl (C=O) groups is 1. The van der Waals surface area contributed by atoms with Gasteiger partial charge >= 0.3 is 0 Å². The standard InChI is InChI=1S/C11H16O/c1-3-6-10(12)11(7-4-2)8-5-9-11/h1H,4-9H2,2H3. The summed E-state index contributed by atoms with van der Waals surface area (Å²) in [6.45, 7) is 2.13. The minimum absolute atomic E-state index is 0.00111. The van der Waals surface area contributed by atoms with E-state index in [-0.39, 0.29) is 5.41 Å². The molecule has 0 spiro atoms. The molecule has 0 aliphatic heterocycles. The van der Waals surface area contributed by atoms with E-state index >= 15 is 0 Å². The minimum Gasteiger partial charge on any atom is -0.298 e. The third kappa shape index (κ3) is 1.53. The second-order valence-corrected chi connectivity index (χ2v) is 3.69. The fraction of sp³-hybridized carbons (Fsp3) is 0.727. The maximum Gasteiger partial charge on any atom is 0.150 e. The molecule has 66 valence electrons. The Morgan fingerprint density at radius 3 is 2.58 bits per heavy atom. The van der Waals surface area contributed by atoms with Crippen LogP contribution in [0.15, 0.2) is 0 Å². The van der Waals surface area contributed by atoms with Gasteiger partial charge < -0.3 is 0 Å². The predicted octanol–water partition coefficient (Wildman–Crippen LogP) is 2.55.